The Labute approximate surface area is 123 Å². The normalized spacial score (nSPS) is 12.0. The molecular weight excluding hydrogens is 272 g/mol. The fraction of sp³-hybridized carbons (Fsp3) is 0.312. The molecule has 1 unspecified atom stereocenters. The SMILES string of the molecule is COCc1cccc(OC(C)c2ccc(C(=O)OC)o2)c1. The van der Waals surface area contributed by atoms with Gasteiger partial charge in [0, 0.05) is 7.11 Å². The minimum atomic E-state index is -0.504. The summed E-state index contributed by atoms with van der Waals surface area (Å²) in [5.41, 5.74) is 1.02. The quantitative estimate of drug-likeness (QED) is 0.764. The second-order valence-corrected chi connectivity index (χ2v) is 4.53. The third-order valence-electron chi connectivity index (χ3n) is 2.94. The molecule has 1 heterocycles. The highest BCUT2D eigenvalue weighted by atomic mass is 16.5. The minimum absolute atomic E-state index is 0.163. The maximum Gasteiger partial charge on any atom is 0.373 e. The van der Waals surface area contributed by atoms with Gasteiger partial charge in [-0.25, -0.2) is 4.79 Å². The van der Waals surface area contributed by atoms with Crippen molar-refractivity contribution >= 4 is 5.97 Å². The van der Waals surface area contributed by atoms with E-state index in [-0.39, 0.29) is 11.9 Å². The van der Waals surface area contributed by atoms with Crippen molar-refractivity contribution in [2.75, 3.05) is 14.2 Å². The van der Waals surface area contributed by atoms with Crippen LogP contribution in [0.25, 0.3) is 0 Å². The lowest BCUT2D eigenvalue weighted by molar-refractivity contribution is 0.0558. The lowest BCUT2D eigenvalue weighted by atomic mass is 10.2. The topological polar surface area (TPSA) is 57.9 Å². The summed E-state index contributed by atoms with van der Waals surface area (Å²) in [6.07, 6.45) is -0.318. The van der Waals surface area contributed by atoms with Crippen LogP contribution in [-0.4, -0.2) is 20.2 Å². The summed E-state index contributed by atoms with van der Waals surface area (Å²) >= 11 is 0. The Morgan fingerprint density at radius 1 is 1.24 bits per heavy atom. The Balaban J connectivity index is 2.07. The third kappa shape index (κ3) is 3.86. The molecule has 112 valence electrons. The van der Waals surface area contributed by atoms with Crippen LogP contribution < -0.4 is 4.74 Å². The molecular formula is C16H18O5. The van der Waals surface area contributed by atoms with Gasteiger partial charge in [0.2, 0.25) is 5.76 Å². The highest BCUT2D eigenvalue weighted by Crippen LogP contribution is 2.24. The molecule has 0 aliphatic rings. The van der Waals surface area contributed by atoms with E-state index in [0.29, 0.717) is 18.1 Å². The fourth-order valence-electron chi connectivity index (χ4n) is 1.92. The Morgan fingerprint density at radius 2 is 2.05 bits per heavy atom. The number of rotatable bonds is 6. The van der Waals surface area contributed by atoms with E-state index in [9.17, 15) is 4.79 Å². The van der Waals surface area contributed by atoms with Crippen LogP contribution in [0.4, 0.5) is 0 Å². The summed E-state index contributed by atoms with van der Waals surface area (Å²) in [6.45, 7) is 2.38. The van der Waals surface area contributed by atoms with Crippen molar-refractivity contribution in [1.29, 1.82) is 0 Å². The number of ether oxygens (including phenoxy) is 3. The van der Waals surface area contributed by atoms with Crippen LogP contribution in [-0.2, 0) is 16.1 Å². The molecule has 0 amide bonds. The zero-order valence-electron chi connectivity index (χ0n) is 12.3. The van der Waals surface area contributed by atoms with Gasteiger partial charge in [-0.3, -0.25) is 0 Å². The predicted octanol–water partition coefficient (Wildman–Crippen LogP) is 3.35. The molecule has 1 atom stereocenters. The molecule has 0 saturated heterocycles. The van der Waals surface area contributed by atoms with Crippen molar-refractivity contribution in [3.63, 3.8) is 0 Å². The average molecular weight is 290 g/mol. The van der Waals surface area contributed by atoms with Crippen molar-refractivity contribution in [2.24, 2.45) is 0 Å². The number of esters is 1. The van der Waals surface area contributed by atoms with E-state index in [0.717, 1.165) is 5.56 Å². The summed E-state index contributed by atoms with van der Waals surface area (Å²) in [6, 6.07) is 10.9. The lowest BCUT2D eigenvalue weighted by Gasteiger charge is -2.13. The zero-order valence-corrected chi connectivity index (χ0v) is 12.3. The van der Waals surface area contributed by atoms with Gasteiger partial charge in [-0.1, -0.05) is 12.1 Å². The zero-order chi connectivity index (χ0) is 15.2. The van der Waals surface area contributed by atoms with E-state index in [2.05, 4.69) is 4.74 Å². The summed E-state index contributed by atoms with van der Waals surface area (Å²) < 4.78 is 20.9. The maximum absolute atomic E-state index is 11.4. The number of methoxy groups -OCH3 is 2. The molecule has 0 aliphatic heterocycles. The molecule has 21 heavy (non-hydrogen) atoms. The van der Waals surface area contributed by atoms with Crippen LogP contribution in [0, 0.1) is 0 Å². The first-order valence-corrected chi connectivity index (χ1v) is 6.56. The highest BCUT2D eigenvalue weighted by Gasteiger charge is 2.16. The van der Waals surface area contributed by atoms with Gasteiger partial charge in [0.05, 0.1) is 13.7 Å². The predicted molar refractivity (Wildman–Crippen MR) is 76.2 cm³/mol. The molecule has 1 aromatic carbocycles. The largest absolute Gasteiger partial charge is 0.483 e. The number of benzene rings is 1. The molecule has 0 fully saturated rings. The van der Waals surface area contributed by atoms with Crippen LogP contribution in [0.15, 0.2) is 40.8 Å². The van der Waals surface area contributed by atoms with E-state index in [4.69, 9.17) is 13.9 Å². The van der Waals surface area contributed by atoms with Crippen molar-refractivity contribution in [2.45, 2.75) is 19.6 Å². The Kier molecular flexibility index (Phi) is 5.00. The molecule has 2 rings (SSSR count). The van der Waals surface area contributed by atoms with Gasteiger partial charge in [0.1, 0.15) is 11.5 Å². The summed E-state index contributed by atoms with van der Waals surface area (Å²) in [7, 11) is 2.96. The van der Waals surface area contributed by atoms with E-state index >= 15 is 0 Å². The van der Waals surface area contributed by atoms with Gasteiger partial charge in [0.25, 0.3) is 0 Å². The Bertz CT molecular complexity index is 602. The van der Waals surface area contributed by atoms with Gasteiger partial charge in [-0.15, -0.1) is 0 Å². The van der Waals surface area contributed by atoms with Crippen molar-refractivity contribution in [3.05, 3.63) is 53.5 Å². The standard InChI is InChI=1S/C16H18O5/c1-11(14-7-8-15(21-14)16(17)19-3)20-13-6-4-5-12(9-13)10-18-2/h4-9,11H,10H2,1-3H3. The molecule has 0 saturated carbocycles. The molecule has 5 nitrogen and oxygen atoms in total. The number of carbonyl (C=O) groups is 1. The summed E-state index contributed by atoms with van der Waals surface area (Å²) in [5, 5.41) is 0. The maximum atomic E-state index is 11.4. The Morgan fingerprint density at radius 3 is 2.76 bits per heavy atom. The molecule has 0 aliphatic carbocycles. The number of carbonyl (C=O) groups excluding carboxylic acids is 1. The van der Waals surface area contributed by atoms with E-state index in [1.807, 2.05) is 31.2 Å². The second kappa shape index (κ2) is 6.95. The molecule has 0 radical (unpaired) electrons. The number of hydrogen-bond donors (Lipinski definition) is 0. The Hall–Kier alpha value is -2.27. The average Bonchev–Trinajstić information content (AvgIpc) is 2.97. The third-order valence-corrected chi connectivity index (χ3v) is 2.94. The molecule has 5 heteroatoms. The monoisotopic (exact) mass is 290 g/mol. The summed E-state index contributed by atoms with van der Waals surface area (Å²) in [4.78, 5) is 11.4. The van der Waals surface area contributed by atoms with Gasteiger partial charge in [0.15, 0.2) is 6.10 Å². The van der Waals surface area contributed by atoms with Crippen LogP contribution >= 0.6 is 0 Å². The first-order chi connectivity index (χ1) is 10.1. The van der Waals surface area contributed by atoms with Gasteiger partial charge in [-0.05, 0) is 36.8 Å². The smallest absolute Gasteiger partial charge is 0.373 e. The fourth-order valence-corrected chi connectivity index (χ4v) is 1.92. The van der Waals surface area contributed by atoms with Crippen LogP contribution in [0.5, 0.6) is 5.75 Å². The first kappa shape index (κ1) is 15.1. The van der Waals surface area contributed by atoms with Crippen molar-refractivity contribution < 1.29 is 23.4 Å². The van der Waals surface area contributed by atoms with E-state index < -0.39 is 5.97 Å². The van der Waals surface area contributed by atoms with Crippen molar-refractivity contribution in [1.82, 2.24) is 0 Å². The molecule has 0 bridgehead atoms. The van der Waals surface area contributed by atoms with Crippen LogP contribution in [0.2, 0.25) is 0 Å². The summed E-state index contributed by atoms with van der Waals surface area (Å²) in [5.74, 6) is 0.937. The van der Waals surface area contributed by atoms with Gasteiger partial charge < -0.3 is 18.6 Å². The van der Waals surface area contributed by atoms with E-state index in [1.165, 1.54) is 7.11 Å². The molecule has 0 spiro atoms. The minimum Gasteiger partial charge on any atom is -0.483 e. The molecule has 2 aromatic rings. The second-order valence-electron chi connectivity index (χ2n) is 4.53. The van der Waals surface area contributed by atoms with Gasteiger partial charge >= 0.3 is 5.97 Å². The van der Waals surface area contributed by atoms with Crippen LogP contribution in [0.3, 0.4) is 0 Å². The van der Waals surface area contributed by atoms with Crippen LogP contribution in [0.1, 0.15) is 34.9 Å². The highest BCUT2D eigenvalue weighted by molar-refractivity contribution is 5.86. The molecule has 1 aromatic heterocycles. The van der Waals surface area contributed by atoms with Gasteiger partial charge in [-0.2, -0.15) is 0 Å². The van der Waals surface area contributed by atoms with Crippen molar-refractivity contribution in [3.8, 4) is 5.75 Å². The van der Waals surface area contributed by atoms with E-state index in [1.54, 1.807) is 19.2 Å². The number of hydrogen-bond acceptors (Lipinski definition) is 5. The lowest BCUT2D eigenvalue weighted by Crippen LogP contribution is -2.03. The molecule has 0 N–H and O–H groups in total. The number of furan rings is 1. The first-order valence-electron chi connectivity index (χ1n) is 6.56.